The summed E-state index contributed by atoms with van der Waals surface area (Å²) in [5, 5.41) is 2.34. The Bertz CT molecular complexity index is 3370. The van der Waals surface area contributed by atoms with Crippen LogP contribution in [0.5, 0.6) is 0 Å². The topological polar surface area (TPSA) is 45.2 Å². The molecule has 1 aliphatic carbocycles. The highest BCUT2D eigenvalue weighted by molar-refractivity contribution is 6.14. The summed E-state index contributed by atoms with van der Waals surface area (Å²) in [7, 11) is 0. The van der Waals surface area contributed by atoms with E-state index in [1.54, 1.807) is 0 Å². The predicted molar refractivity (Wildman–Crippen MR) is 289 cm³/mol. The fourth-order valence-corrected chi connectivity index (χ4v) is 10.8. The number of rotatable bonds is 10. The molecule has 2 unspecified atom stereocenters. The molecule has 11 rings (SSSR count). The summed E-state index contributed by atoms with van der Waals surface area (Å²) < 4.78 is 2.30. The Hall–Kier alpha value is -8.15. The molecule has 3 aliphatic rings. The summed E-state index contributed by atoms with van der Waals surface area (Å²) >= 11 is 0. The van der Waals surface area contributed by atoms with Gasteiger partial charge >= 0.3 is 0 Å². The summed E-state index contributed by atoms with van der Waals surface area (Å²) in [5.74, 6) is 1.17. The Labute approximate surface area is 399 Å². The molecule has 2 aliphatic heterocycles. The molecule has 5 nitrogen and oxygen atoms in total. The standard InChI is InChI=1S/C63H53N5/c1-6-8-12-21-42(7-2)62(65-41-67-56-33-30-46(43-22-13-9-14-23-43)36-50(56)51-37-47(31-34-57(51)67)44-24-15-10-16-25-44)66-61(64-5)48-32-35-58-52(38-48)53-39-49(45-26-17-11-18-27-45)40-55-60(53)68(58)59-29-20-19-28-54(59)63(55,3)4/h6-11,13-40,53,60H,2,5,12,41H2,1,3-4H3/b8-6-,42-21?,65-62-,66-61?. The number of allylic oxidation sites excluding steroid dienone is 5. The van der Waals surface area contributed by atoms with E-state index in [2.05, 4.69) is 242 Å². The largest absolute Gasteiger partial charge is 0.333 e. The lowest BCUT2D eigenvalue weighted by atomic mass is 9.66. The number of hydrogen-bond acceptors (Lipinski definition) is 2. The second-order valence-electron chi connectivity index (χ2n) is 18.4. The van der Waals surface area contributed by atoms with Crippen LogP contribution < -0.4 is 4.90 Å². The Morgan fingerprint density at radius 1 is 0.676 bits per heavy atom. The number of hydrogen-bond donors (Lipinski definition) is 0. The first-order valence-corrected chi connectivity index (χ1v) is 23.6. The summed E-state index contributed by atoms with van der Waals surface area (Å²) in [6.45, 7) is 15.5. The van der Waals surface area contributed by atoms with Crippen LogP contribution in [0.4, 0.5) is 11.4 Å². The van der Waals surface area contributed by atoms with E-state index in [1.807, 2.05) is 13.0 Å². The fourth-order valence-electron chi connectivity index (χ4n) is 10.8. The molecule has 0 bridgehead atoms. The lowest BCUT2D eigenvalue weighted by Crippen LogP contribution is -2.45. The van der Waals surface area contributed by atoms with Gasteiger partial charge in [-0.05, 0) is 119 Å². The van der Waals surface area contributed by atoms with E-state index in [0.717, 1.165) is 22.2 Å². The summed E-state index contributed by atoms with van der Waals surface area (Å²) in [5.41, 5.74) is 17.4. The lowest BCUT2D eigenvalue weighted by Gasteiger charge is -2.48. The molecule has 330 valence electrons. The molecule has 0 saturated heterocycles. The fraction of sp³-hybridized carbons (Fsp3) is 0.127. The minimum Gasteiger partial charge on any atom is -0.333 e. The zero-order chi connectivity index (χ0) is 46.4. The van der Waals surface area contributed by atoms with Crippen LogP contribution in [0.1, 0.15) is 55.4 Å². The van der Waals surface area contributed by atoms with E-state index >= 15 is 0 Å². The van der Waals surface area contributed by atoms with Crippen molar-refractivity contribution in [3.05, 3.63) is 246 Å². The van der Waals surface area contributed by atoms with Crippen molar-refractivity contribution in [1.82, 2.24) is 4.57 Å². The molecule has 7 aromatic carbocycles. The molecule has 0 radical (unpaired) electrons. The van der Waals surface area contributed by atoms with Gasteiger partial charge in [0.05, 0.1) is 17.1 Å². The maximum absolute atomic E-state index is 5.37. The maximum atomic E-state index is 5.37. The third-order valence-corrected chi connectivity index (χ3v) is 14.2. The van der Waals surface area contributed by atoms with Crippen LogP contribution >= 0.6 is 0 Å². The van der Waals surface area contributed by atoms with Crippen LogP contribution in [0.25, 0.3) is 49.6 Å². The van der Waals surface area contributed by atoms with Crippen molar-refractivity contribution in [3.63, 3.8) is 0 Å². The third kappa shape index (κ3) is 7.32. The van der Waals surface area contributed by atoms with Crippen LogP contribution in [0.3, 0.4) is 0 Å². The molecule has 0 fully saturated rings. The van der Waals surface area contributed by atoms with Crippen molar-refractivity contribution in [2.24, 2.45) is 15.0 Å². The average Bonchev–Trinajstić information content (AvgIpc) is 3.89. The molecule has 2 atom stereocenters. The maximum Gasteiger partial charge on any atom is 0.161 e. The second-order valence-corrected chi connectivity index (χ2v) is 18.4. The van der Waals surface area contributed by atoms with Gasteiger partial charge in [0.2, 0.25) is 0 Å². The number of para-hydroxylation sites is 1. The zero-order valence-electron chi connectivity index (χ0n) is 38.8. The Morgan fingerprint density at radius 2 is 1.29 bits per heavy atom. The van der Waals surface area contributed by atoms with Crippen LogP contribution in [0.15, 0.2) is 239 Å². The molecule has 1 aromatic heterocycles. The summed E-state index contributed by atoms with van der Waals surface area (Å²) in [4.78, 5) is 17.9. The highest BCUT2D eigenvalue weighted by Crippen LogP contribution is 2.60. The van der Waals surface area contributed by atoms with Gasteiger partial charge < -0.3 is 9.47 Å². The molecule has 5 heteroatoms. The predicted octanol–water partition coefficient (Wildman–Crippen LogP) is 15.6. The second kappa shape index (κ2) is 17.6. The molecule has 0 saturated carbocycles. The highest BCUT2D eigenvalue weighted by atomic mass is 15.2. The first-order chi connectivity index (χ1) is 33.4. The molecule has 68 heavy (non-hydrogen) atoms. The van der Waals surface area contributed by atoms with Crippen molar-refractivity contribution in [1.29, 1.82) is 0 Å². The van der Waals surface area contributed by atoms with E-state index in [0.29, 0.717) is 24.8 Å². The van der Waals surface area contributed by atoms with E-state index in [4.69, 9.17) is 9.98 Å². The molecule has 8 aromatic rings. The van der Waals surface area contributed by atoms with Crippen LogP contribution in [-0.2, 0) is 12.1 Å². The van der Waals surface area contributed by atoms with Gasteiger partial charge in [-0.25, -0.2) is 15.0 Å². The number of anilines is 2. The van der Waals surface area contributed by atoms with Gasteiger partial charge in [-0.2, -0.15) is 0 Å². The molecular weight excluding hydrogens is 827 g/mol. The minimum atomic E-state index is -0.166. The van der Waals surface area contributed by atoms with Crippen molar-refractivity contribution >= 4 is 57.1 Å². The average molecular weight is 880 g/mol. The van der Waals surface area contributed by atoms with Crippen molar-refractivity contribution in [2.75, 3.05) is 4.90 Å². The highest BCUT2D eigenvalue weighted by Gasteiger charge is 2.51. The number of amidine groups is 2. The monoisotopic (exact) mass is 879 g/mol. The van der Waals surface area contributed by atoms with Crippen molar-refractivity contribution in [2.45, 2.75) is 51.2 Å². The Balaban J connectivity index is 1.04. The smallest absolute Gasteiger partial charge is 0.161 e. The minimum absolute atomic E-state index is 0.108. The SMILES string of the molecule is C=CC(=CC/C=C\C)/C(N=C(N=C)c1ccc2c(c1)C1C=C(c3ccccc3)C=C3C1N2c1ccccc1C3(C)C)=N/Cn1c2ccc(-c3ccccc3)cc2c2cc(-c3ccccc3)ccc21. The molecule has 0 N–H and O–H groups in total. The first kappa shape index (κ1) is 42.5. The quantitative estimate of drug-likeness (QED) is 0.0584. The van der Waals surface area contributed by atoms with E-state index < -0.39 is 0 Å². The van der Waals surface area contributed by atoms with Gasteiger partial charge in [-0.1, -0.05) is 178 Å². The van der Waals surface area contributed by atoms with Gasteiger partial charge in [-0.3, -0.25) is 0 Å². The number of fused-ring (bicyclic) bond motifs is 8. The number of nitrogens with zero attached hydrogens (tertiary/aromatic N) is 5. The Morgan fingerprint density at radius 3 is 1.91 bits per heavy atom. The molecule has 0 amide bonds. The van der Waals surface area contributed by atoms with Crippen molar-refractivity contribution in [3.8, 4) is 22.3 Å². The third-order valence-electron chi connectivity index (χ3n) is 14.2. The van der Waals surface area contributed by atoms with Crippen LogP contribution in [0, 0.1) is 0 Å². The lowest BCUT2D eigenvalue weighted by molar-refractivity contribution is 0.515. The van der Waals surface area contributed by atoms with Gasteiger partial charge in [0.1, 0.15) is 6.67 Å². The van der Waals surface area contributed by atoms with E-state index in [1.165, 1.54) is 72.2 Å². The van der Waals surface area contributed by atoms with Crippen molar-refractivity contribution < 1.29 is 0 Å². The molecule has 3 heterocycles. The molecule has 0 spiro atoms. The molecular formula is C63H53N5. The number of aromatic nitrogens is 1. The van der Waals surface area contributed by atoms with Gasteiger partial charge in [-0.15, -0.1) is 0 Å². The summed E-state index contributed by atoms with van der Waals surface area (Å²) in [6, 6.07) is 61.2. The van der Waals surface area contributed by atoms with Crippen LogP contribution in [0.2, 0.25) is 0 Å². The van der Waals surface area contributed by atoms with E-state index in [-0.39, 0.29) is 17.4 Å². The number of benzene rings is 7. The first-order valence-electron chi connectivity index (χ1n) is 23.6. The van der Waals surface area contributed by atoms with Gasteiger partial charge in [0.15, 0.2) is 11.7 Å². The van der Waals surface area contributed by atoms with Crippen LogP contribution in [-0.4, -0.2) is 29.0 Å². The zero-order valence-corrected chi connectivity index (χ0v) is 38.8. The normalized spacial score (nSPS) is 17.5. The summed E-state index contributed by atoms with van der Waals surface area (Å²) in [6.07, 6.45) is 13.8. The number of aliphatic imine (C=N–C) groups is 3. The van der Waals surface area contributed by atoms with E-state index in [9.17, 15) is 0 Å². The van der Waals surface area contributed by atoms with Gasteiger partial charge in [0, 0.05) is 44.6 Å². The van der Waals surface area contributed by atoms with Gasteiger partial charge in [0.25, 0.3) is 0 Å². The Kier molecular flexibility index (Phi) is 11.0.